The summed E-state index contributed by atoms with van der Waals surface area (Å²) in [6, 6.07) is 2.01. The zero-order chi connectivity index (χ0) is 13.3. The van der Waals surface area contributed by atoms with Crippen molar-refractivity contribution in [3.63, 3.8) is 0 Å². The van der Waals surface area contributed by atoms with E-state index in [2.05, 4.69) is 10.5 Å². The lowest BCUT2D eigenvalue weighted by Crippen LogP contribution is -2.27. The largest absolute Gasteiger partial charge is 0.444 e. The van der Waals surface area contributed by atoms with Crippen LogP contribution in [0.1, 0.15) is 50.8 Å². The van der Waals surface area contributed by atoms with Gasteiger partial charge in [-0.3, -0.25) is 5.32 Å². The van der Waals surface area contributed by atoms with Crippen molar-refractivity contribution >= 4 is 12.0 Å². The summed E-state index contributed by atoms with van der Waals surface area (Å²) < 4.78 is 10.1. The summed E-state index contributed by atoms with van der Waals surface area (Å²) in [5, 5.41) is 15.3. The van der Waals surface area contributed by atoms with Crippen molar-refractivity contribution in [2.45, 2.75) is 45.1 Å². The second-order valence-corrected chi connectivity index (χ2v) is 5.28. The Hall–Kier alpha value is -2.03. The third-order valence-corrected chi connectivity index (χ3v) is 2.41. The van der Waals surface area contributed by atoms with E-state index in [4.69, 9.17) is 14.5 Å². The molecule has 0 saturated heterocycles. The molecule has 1 aromatic heterocycles. The molecule has 18 heavy (non-hydrogen) atoms. The van der Waals surface area contributed by atoms with Crippen molar-refractivity contribution in [3.8, 4) is 6.07 Å². The van der Waals surface area contributed by atoms with Gasteiger partial charge in [-0.1, -0.05) is 5.16 Å². The van der Waals surface area contributed by atoms with Crippen molar-refractivity contribution in [2.75, 3.05) is 5.32 Å². The standard InChI is InChI=1S/C12H15N3O3/c1-12(2,3)17-11(16)14-10-8(6-13)9(15-18-10)7-4-5-7/h7H,4-5H2,1-3H3,(H,14,16). The van der Waals surface area contributed by atoms with Crippen LogP contribution in [0.15, 0.2) is 4.52 Å². The average Bonchev–Trinajstić information content (AvgIpc) is 2.98. The van der Waals surface area contributed by atoms with Crippen LogP contribution in [-0.4, -0.2) is 16.9 Å². The van der Waals surface area contributed by atoms with E-state index in [0.29, 0.717) is 11.3 Å². The number of aromatic nitrogens is 1. The van der Waals surface area contributed by atoms with Crippen molar-refractivity contribution in [1.29, 1.82) is 5.26 Å². The summed E-state index contributed by atoms with van der Waals surface area (Å²) in [5.41, 5.74) is 0.322. The summed E-state index contributed by atoms with van der Waals surface area (Å²) >= 11 is 0. The zero-order valence-corrected chi connectivity index (χ0v) is 10.6. The number of nitriles is 1. The van der Waals surface area contributed by atoms with E-state index >= 15 is 0 Å². The highest BCUT2D eigenvalue weighted by atomic mass is 16.6. The molecule has 1 N–H and O–H groups in total. The molecule has 0 spiro atoms. The van der Waals surface area contributed by atoms with E-state index < -0.39 is 11.7 Å². The van der Waals surface area contributed by atoms with Crippen molar-refractivity contribution in [1.82, 2.24) is 5.16 Å². The number of anilines is 1. The van der Waals surface area contributed by atoms with Gasteiger partial charge in [0, 0.05) is 5.92 Å². The molecule has 0 aromatic carbocycles. The number of carbonyl (C=O) groups excluding carboxylic acids is 1. The van der Waals surface area contributed by atoms with Crippen LogP contribution >= 0.6 is 0 Å². The predicted octanol–water partition coefficient (Wildman–Crippen LogP) is 2.77. The average molecular weight is 249 g/mol. The lowest BCUT2D eigenvalue weighted by atomic mass is 10.2. The van der Waals surface area contributed by atoms with E-state index in [9.17, 15) is 4.79 Å². The lowest BCUT2D eigenvalue weighted by molar-refractivity contribution is 0.0631. The Balaban J connectivity index is 2.10. The number of ether oxygens (including phenoxy) is 1. The molecule has 1 amide bonds. The topological polar surface area (TPSA) is 88.2 Å². The fraction of sp³-hybridized carbons (Fsp3) is 0.583. The molecule has 0 unspecified atom stereocenters. The van der Waals surface area contributed by atoms with Crippen LogP contribution in [-0.2, 0) is 4.74 Å². The maximum Gasteiger partial charge on any atom is 0.414 e. The molecule has 0 radical (unpaired) electrons. The maximum atomic E-state index is 11.6. The Morgan fingerprint density at radius 1 is 1.56 bits per heavy atom. The van der Waals surface area contributed by atoms with Gasteiger partial charge in [0.15, 0.2) is 0 Å². The van der Waals surface area contributed by atoms with Gasteiger partial charge in [-0.05, 0) is 33.6 Å². The molecule has 6 heteroatoms. The molecule has 96 valence electrons. The maximum absolute atomic E-state index is 11.6. The Labute approximate surface area is 105 Å². The second-order valence-electron chi connectivity index (χ2n) is 5.28. The van der Waals surface area contributed by atoms with E-state index in [-0.39, 0.29) is 11.8 Å². The van der Waals surface area contributed by atoms with Gasteiger partial charge in [0.25, 0.3) is 5.88 Å². The zero-order valence-electron chi connectivity index (χ0n) is 10.6. The quantitative estimate of drug-likeness (QED) is 0.870. The Kier molecular flexibility index (Phi) is 2.99. The Bertz CT molecular complexity index is 504. The molecule has 1 fully saturated rings. The molecule has 1 aromatic rings. The number of hydrogen-bond donors (Lipinski definition) is 1. The number of rotatable bonds is 2. The molecule has 2 rings (SSSR count). The Morgan fingerprint density at radius 3 is 2.72 bits per heavy atom. The summed E-state index contributed by atoms with van der Waals surface area (Å²) in [5.74, 6) is 0.353. The minimum absolute atomic E-state index is 0.0636. The van der Waals surface area contributed by atoms with Gasteiger partial charge in [-0.2, -0.15) is 5.26 Å². The minimum atomic E-state index is -0.655. The number of nitrogens with one attached hydrogen (secondary N) is 1. The summed E-state index contributed by atoms with van der Waals surface area (Å²) in [4.78, 5) is 11.6. The van der Waals surface area contributed by atoms with Gasteiger partial charge in [0.05, 0.1) is 0 Å². The SMILES string of the molecule is CC(C)(C)OC(=O)Nc1onc(C2CC2)c1C#N. The van der Waals surface area contributed by atoms with Crippen LogP contribution in [0.3, 0.4) is 0 Å². The number of nitrogens with zero attached hydrogens (tertiary/aromatic N) is 2. The molecule has 0 aliphatic heterocycles. The summed E-state index contributed by atoms with van der Waals surface area (Å²) in [6.45, 7) is 5.27. The smallest absolute Gasteiger partial charge is 0.414 e. The number of carbonyl (C=O) groups is 1. The van der Waals surface area contributed by atoms with Crippen LogP contribution in [0.2, 0.25) is 0 Å². The van der Waals surface area contributed by atoms with Crippen LogP contribution < -0.4 is 5.32 Å². The van der Waals surface area contributed by atoms with Gasteiger partial charge in [-0.25, -0.2) is 4.79 Å². The highest BCUT2D eigenvalue weighted by Crippen LogP contribution is 2.42. The van der Waals surface area contributed by atoms with Gasteiger partial charge in [0.1, 0.15) is 22.9 Å². The van der Waals surface area contributed by atoms with Crippen LogP contribution in [0.5, 0.6) is 0 Å². The molecule has 1 heterocycles. The second kappa shape index (κ2) is 4.33. The van der Waals surface area contributed by atoms with Gasteiger partial charge in [-0.15, -0.1) is 0 Å². The molecule has 1 saturated carbocycles. The number of amides is 1. The fourth-order valence-corrected chi connectivity index (χ4v) is 1.53. The first-order valence-corrected chi connectivity index (χ1v) is 5.80. The van der Waals surface area contributed by atoms with Crippen molar-refractivity contribution in [3.05, 3.63) is 11.3 Å². The van der Waals surface area contributed by atoms with E-state index in [1.54, 1.807) is 20.8 Å². The van der Waals surface area contributed by atoms with Gasteiger partial charge >= 0.3 is 6.09 Å². The van der Waals surface area contributed by atoms with E-state index in [1.807, 2.05) is 6.07 Å². The number of hydrogen-bond acceptors (Lipinski definition) is 5. The molecule has 6 nitrogen and oxygen atoms in total. The summed E-state index contributed by atoms with van der Waals surface area (Å²) in [7, 11) is 0. The predicted molar refractivity (Wildman–Crippen MR) is 63.0 cm³/mol. The van der Waals surface area contributed by atoms with E-state index in [1.165, 1.54) is 0 Å². The molecular formula is C12H15N3O3. The first kappa shape index (κ1) is 12.4. The van der Waals surface area contributed by atoms with Crippen molar-refractivity contribution < 1.29 is 14.1 Å². The first-order valence-electron chi connectivity index (χ1n) is 5.80. The minimum Gasteiger partial charge on any atom is -0.444 e. The van der Waals surface area contributed by atoms with Crippen LogP contribution in [0, 0.1) is 11.3 Å². The monoisotopic (exact) mass is 249 g/mol. The third kappa shape index (κ3) is 2.80. The molecule has 1 aliphatic carbocycles. The lowest BCUT2D eigenvalue weighted by Gasteiger charge is -2.18. The highest BCUT2D eigenvalue weighted by molar-refractivity contribution is 5.84. The highest BCUT2D eigenvalue weighted by Gasteiger charge is 2.32. The molecular weight excluding hydrogens is 234 g/mol. The van der Waals surface area contributed by atoms with E-state index in [0.717, 1.165) is 12.8 Å². The Morgan fingerprint density at radius 2 is 2.22 bits per heavy atom. The normalized spacial score (nSPS) is 15.0. The molecule has 0 bridgehead atoms. The van der Waals surface area contributed by atoms with Gasteiger partial charge in [0.2, 0.25) is 0 Å². The van der Waals surface area contributed by atoms with Crippen LogP contribution in [0.25, 0.3) is 0 Å². The van der Waals surface area contributed by atoms with Crippen LogP contribution in [0.4, 0.5) is 10.7 Å². The van der Waals surface area contributed by atoms with Gasteiger partial charge < -0.3 is 9.26 Å². The molecule has 1 aliphatic rings. The molecule has 0 atom stereocenters. The van der Waals surface area contributed by atoms with Crippen molar-refractivity contribution in [2.24, 2.45) is 0 Å². The third-order valence-electron chi connectivity index (χ3n) is 2.41. The first-order chi connectivity index (χ1) is 8.40. The fourth-order valence-electron chi connectivity index (χ4n) is 1.53. The summed E-state index contributed by atoms with van der Waals surface area (Å²) in [6.07, 6.45) is 1.36.